The molecule has 3 aliphatic rings. The van der Waals surface area contributed by atoms with Gasteiger partial charge in [-0.2, -0.15) is 13.2 Å². The summed E-state index contributed by atoms with van der Waals surface area (Å²) in [6.45, 7) is 2.20. The van der Waals surface area contributed by atoms with Crippen molar-refractivity contribution >= 4 is 11.5 Å². The van der Waals surface area contributed by atoms with E-state index in [2.05, 4.69) is 20.9 Å². The van der Waals surface area contributed by atoms with Gasteiger partial charge < -0.3 is 14.5 Å². The van der Waals surface area contributed by atoms with E-state index in [0.717, 1.165) is 17.9 Å². The molecule has 0 radical (unpaired) electrons. The fourth-order valence-corrected chi connectivity index (χ4v) is 4.38. The minimum absolute atomic E-state index is 0.0372. The third-order valence-corrected chi connectivity index (χ3v) is 5.82. The minimum Gasteiger partial charge on any atom is -0.418 e. The fraction of sp³-hybridized carbons (Fsp3) is 0.450. The monoisotopic (exact) mass is 435 g/mol. The van der Waals surface area contributed by atoms with E-state index in [9.17, 15) is 18.0 Å². The second kappa shape index (κ2) is 7.34. The van der Waals surface area contributed by atoms with Crippen molar-refractivity contribution in [1.29, 1.82) is 0 Å². The number of benzene rings is 1. The minimum atomic E-state index is -4.56. The summed E-state index contributed by atoms with van der Waals surface area (Å²) in [5.41, 5.74) is 3.24. The Kier molecular flexibility index (Phi) is 4.74. The molecule has 2 fully saturated rings. The van der Waals surface area contributed by atoms with Gasteiger partial charge in [-0.05, 0) is 25.3 Å². The number of carbonyl (C=O) groups is 1. The number of carbonyl (C=O) groups excluding carboxylic acids is 1. The van der Waals surface area contributed by atoms with Crippen LogP contribution >= 0.6 is 0 Å². The van der Waals surface area contributed by atoms with E-state index in [-0.39, 0.29) is 23.5 Å². The lowest BCUT2D eigenvalue weighted by atomic mass is 9.89. The summed E-state index contributed by atoms with van der Waals surface area (Å²) in [4.78, 5) is 13.2. The number of hydrogen-bond donors (Lipinski definition) is 2. The highest BCUT2D eigenvalue weighted by Gasteiger charge is 2.58. The number of hydrogen-bond acceptors (Lipinski definition) is 7. The first-order chi connectivity index (χ1) is 14.8. The van der Waals surface area contributed by atoms with E-state index in [1.54, 1.807) is 37.3 Å². The van der Waals surface area contributed by atoms with Crippen molar-refractivity contribution in [3.05, 3.63) is 53.4 Å². The molecule has 8 nitrogen and oxygen atoms in total. The van der Waals surface area contributed by atoms with Crippen molar-refractivity contribution in [1.82, 2.24) is 25.9 Å². The predicted octanol–water partition coefficient (Wildman–Crippen LogP) is 2.64. The second-order valence-electron chi connectivity index (χ2n) is 7.80. The molecular formula is C20H20F3N5O3. The highest BCUT2D eigenvalue weighted by molar-refractivity contribution is 6.19. The highest BCUT2D eigenvalue weighted by atomic mass is 19.4. The molecule has 4 heterocycles. The van der Waals surface area contributed by atoms with Crippen LogP contribution in [-0.4, -0.2) is 46.1 Å². The van der Waals surface area contributed by atoms with Crippen molar-refractivity contribution in [3.8, 4) is 0 Å². The Morgan fingerprint density at radius 2 is 1.97 bits per heavy atom. The first-order valence-corrected chi connectivity index (χ1v) is 9.99. The molecular weight excluding hydrogens is 415 g/mol. The molecule has 1 amide bonds. The van der Waals surface area contributed by atoms with Gasteiger partial charge in [-0.15, -0.1) is 10.2 Å². The van der Waals surface area contributed by atoms with Crippen molar-refractivity contribution in [2.24, 2.45) is 0 Å². The van der Waals surface area contributed by atoms with E-state index in [0.29, 0.717) is 17.9 Å². The fourth-order valence-electron chi connectivity index (χ4n) is 4.38. The number of hydrazine groups is 1. The van der Waals surface area contributed by atoms with Gasteiger partial charge in [-0.3, -0.25) is 4.79 Å². The summed E-state index contributed by atoms with van der Waals surface area (Å²) >= 11 is 0. The molecule has 11 heteroatoms. The van der Waals surface area contributed by atoms with Gasteiger partial charge in [0.2, 0.25) is 5.89 Å². The van der Waals surface area contributed by atoms with Gasteiger partial charge in [0, 0.05) is 12.3 Å². The van der Waals surface area contributed by atoms with Crippen LogP contribution in [0.5, 0.6) is 0 Å². The van der Waals surface area contributed by atoms with Crippen LogP contribution in [0.15, 0.2) is 40.4 Å². The Balaban J connectivity index is 1.50. The molecule has 5 rings (SSSR count). The molecule has 2 saturated heterocycles. The van der Waals surface area contributed by atoms with Crippen molar-refractivity contribution in [2.45, 2.75) is 50.2 Å². The average molecular weight is 435 g/mol. The molecule has 0 bridgehead atoms. The molecule has 1 aromatic heterocycles. The summed E-state index contributed by atoms with van der Waals surface area (Å²) < 4.78 is 52.8. The number of aromatic nitrogens is 2. The van der Waals surface area contributed by atoms with E-state index < -0.39 is 30.2 Å². The predicted molar refractivity (Wildman–Crippen MR) is 101 cm³/mol. The first kappa shape index (κ1) is 20.0. The molecule has 0 aliphatic carbocycles. The van der Waals surface area contributed by atoms with Crippen LogP contribution in [0.3, 0.4) is 0 Å². The highest BCUT2D eigenvalue weighted by Crippen LogP contribution is 2.42. The number of ether oxygens (including phenoxy) is 1. The van der Waals surface area contributed by atoms with Gasteiger partial charge in [0.15, 0.2) is 0 Å². The molecule has 2 N–H and O–H groups in total. The second-order valence-corrected chi connectivity index (χ2v) is 7.80. The molecule has 4 atom stereocenters. The van der Waals surface area contributed by atoms with Gasteiger partial charge in [0.05, 0.1) is 5.92 Å². The number of amides is 1. The van der Waals surface area contributed by atoms with E-state index >= 15 is 0 Å². The normalized spacial score (nSPS) is 28.8. The number of halogens is 3. The molecule has 1 aromatic carbocycles. The molecule has 31 heavy (non-hydrogen) atoms. The number of fused-ring (bicyclic) bond motifs is 1. The standard InChI is InChI=1S/C20H20F3N5O3/c1-10-13(18-26-25-17(31-18)12-8-5-9-30-12)19(29)28-16(24-10)14(11-6-3-2-4-7-11)15(27-28)20(21,22)23/h2-4,6-7,12,14-16,24,27H,5,8-9H2,1H3. The summed E-state index contributed by atoms with van der Waals surface area (Å²) in [7, 11) is 0. The summed E-state index contributed by atoms with van der Waals surface area (Å²) in [5.74, 6) is -1.48. The van der Waals surface area contributed by atoms with Crippen LogP contribution in [0.25, 0.3) is 5.57 Å². The van der Waals surface area contributed by atoms with Crippen molar-refractivity contribution < 1.29 is 27.1 Å². The Hall–Kier alpha value is -2.92. The van der Waals surface area contributed by atoms with Gasteiger partial charge in [-0.1, -0.05) is 30.3 Å². The number of nitrogens with zero attached hydrogens (tertiary/aromatic N) is 3. The topological polar surface area (TPSA) is 92.5 Å². The molecule has 4 unspecified atom stereocenters. The first-order valence-electron chi connectivity index (χ1n) is 9.99. The maximum Gasteiger partial charge on any atom is 0.406 e. The van der Waals surface area contributed by atoms with Gasteiger partial charge in [-0.25, -0.2) is 10.4 Å². The molecule has 2 aromatic rings. The third kappa shape index (κ3) is 3.37. The lowest BCUT2D eigenvalue weighted by Crippen LogP contribution is -2.54. The zero-order chi connectivity index (χ0) is 21.8. The zero-order valence-electron chi connectivity index (χ0n) is 16.5. The largest absolute Gasteiger partial charge is 0.418 e. The number of rotatable bonds is 3. The van der Waals surface area contributed by atoms with Gasteiger partial charge in [0.25, 0.3) is 11.8 Å². The Labute approximate surface area is 175 Å². The van der Waals surface area contributed by atoms with Crippen LogP contribution in [-0.2, 0) is 9.53 Å². The maximum atomic E-state index is 13.9. The summed E-state index contributed by atoms with van der Waals surface area (Å²) in [5, 5.41) is 12.0. The van der Waals surface area contributed by atoms with Gasteiger partial charge in [0.1, 0.15) is 23.9 Å². The average Bonchev–Trinajstić information content (AvgIpc) is 3.47. The maximum absolute atomic E-state index is 13.9. The van der Waals surface area contributed by atoms with E-state index in [1.165, 1.54) is 0 Å². The molecule has 164 valence electrons. The van der Waals surface area contributed by atoms with Crippen LogP contribution in [0.1, 0.15) is 49.1 Å². The Morgan fingerprint density at radius 3 is 2.65 bits per heavy atom. The number of nitrogens with one attached hydrogen (secondary N) is 2. The zero-order valence-corrected chi connectivity index (χ0v) is 16.5. The van der Waals surface area contributed by atoms with Crippen molar-refractivity contribution in [3.63, 3.8) is 0 Å². The quantitative estimate of drug-likeness (QED) is 0.766. The Bertz CT molecular complexity index is 1020. The summed E-state index contributed by atoms with van der Waals surface area (Å²) in [6, 6.07) is 6.40. The van der Waals surface area contributed by atoms with Crippen LogP contribution < -0.4 is 10.7 Å². The smallest absolute Gasteiger partial charge is 0.406 e. The SMILES string of the molecule is CC1=C(c2nnc(C3CCCO3)o2)C(=O)N2NC(C(F)(F)F)C(c3ccccc3)C2N1. The van der Waals surface area contributed by atoms with E-state index in [4.69, 9.17) is 9.15 Å². The number of allylic oxidation sites excluding steroid dienone is 1. The Morgan fingerprint density at radius 1 is 1.19 bits per heavy atom. The van der Waals surface area contributed by atoms with Crippen LogP contribution in [0.2, 0.25) is 0 Å². The van der Waals surface area contributed by atoms with E-state index in [1.807, 2.05) is 0 Å². The van der Waals surface area contributed by atoms with Crippen molar-refractivity contribution in [2.75, 3.05) is 6.61 Å². The summed E-state index contributed by atoms with van der Waals surface area (Å²) in [6.07, 6.45) is -4.22. The van der Waals surface area contributed by atoms with Crippen LogP contribution in [0.4, 0.5) is 13.2 Å². The molecule has 3 aliphatic heterocycles. The third-order valence-electron chi connectivity index (χ3n) is 5.82. The molecule has 0 saturated carbocycles. The molecule has 0 spiro atoms. The lowest BCUT2D eigenvalue weighted by molar-refractivity contribution is -0.161. The number of alkyl halides is 3. The lowest BCUT2D eigenvalue weighted by Gasteiger charge is -2.34. The van der Waals surface area contributed by atoms with Gasteiger partial charge >= 0.3 is 6.18 Å². The van der Waals surface area contributed by atoms with Crippen LogP contribution in [0, 0.1) is 0 Å².